The van der Waals surface area contributed by atoms with Gasteiger partial charge in [-0.05, 0) is 53.8 Å². The molecule has 0 N–H and O–H groups in total. The zero-order valence-corrected chi connectivity index (χ0v) is 13.2. The zero-order chi connectivity index (χ0) is 13.4. The maximum Gasteiger partial charge on any atom is 0.128 e. The van der Waals surface area contributed by atoms with Gasteiger partial charge in [0.1, 0.15) is 5.82 Å². The third kappa shape index (κ3) is 2.51. The van der Waals surface area contributed by atoms with E-state index in [1.54, 1.807) is 12.5 Å². The predicted molar refractivity (Wildman–Crippen MR) is 84.5 cm³/mol. The SMILES string of the molecule is CC(Cl)c1nc2cc(I)ccc2n1Cc1ccoc1. The molecule has 1 aromatic carbocycles. The van der Waals surface area contributed by atoms with Gasteiger partial charge in [-0.25, -0.2) is 4.98 Å². The molecule has 0 fully saturated rings. The summed E-state index contributed by atoms with van der Waals surface area (Å²) in [6, 6.07) is 8.21. The van der Waals surface area contributed by atoms with Gasteiger partial charge in [0.25, 0.3) is 0 Å². The molecule has 0 spiro atoms. The number of nitrogens with zero attached hydrogens (tertiary/aromatic N) is 2. The first kappa shape index (κ1) is 13.0. The van der Waals surface area contributed by atoms with Crippen molar-refractivity contribution in [2.45, 2.75) is 18.8 Å². The van der Waals surface area contributed by atoms with Crippen LogP contribution < -0.4 is 0 Å². The molecule has 1 atom stereocenters. The van der Waals surface area contributed by atoms with Gasteiger partial charge in [0, 0.05) is 9.13 Å². The van der Waals surface area contributed by atoms with E-state index < -0.39 is 0 Å². The molecule has 2 aromatic heterocycles. The van der Waals surface area contributed by atoms with Crippen LogP contribution in [0.25, 0.3) is 11.0 Å². The molecular weight excluding hydrogens is 375 g/mol. The van der Waals surface area contributed by atoms with Crippen LogP contribution in [-0.4, -0.2) is 9.55 Å². The van der Waals surface area contributed by atoms with Crippen molar-refractivity contribution in [2.75, 3.05) is 0 Å². The number of benzene rings is 1. The summed E-state index contributed by atoms with van der Waals surface area (Å²) in [7, 11) is 0. The minimum Gasteiger partial charge on any atom is -0.472 e. The van der Waals surface area contributed by atoms with Crippen LogP contribution in [0.3, 0.4) is 0 Å². The Balaban J connectivity index is 2.16. The molecule has 3 aromatic rings. The van der Waals surface area contributed by atoms with Crippen molar-refractivity contribution in [3.05, 3.63) is 51.7 Å². The van der Waals surface area contributed by atoms with Gasteiger partial charge in [-0.1, -0.05) is 0 Å². The molecule has 5 heteroatoms. The van der Waals surface area contributed by atoms with Crippen molar-refractivity contribution in [2.24, 2.45) is 0 Å². The summed E-state index contributed by atoms with van der Waals surface area (Å²) in [6.45, 7) is 2.67. The van der Waals surface area contributed by atoms with Crippen molar-refractivity contribution in [1.29, 1.82) is 0 Å². The Labute approximate surface area is 129 Å². The fraction of sp³-hybridized carbons (Fsp3) is 0.214. The third-order valence-electron chi connectivity index (χ3n) is 3.02. The highest BCUT2D eigenvalue weighted by Gasteiger charge is 2.15. The second-order valence-corrected chi connectivity index (χ2v) is 6.34. The van der Waals surface area contributed by atoms with Crippen molar-refractivity contribution in [3.8, 4) is 0 Å². The molecule has 0 saturated carbocycles. The summed E-state index contributed by atoms with van der Waals surface area (Å²) in [4.78, 5) is 4.65. The van der Waals surface area contributed by atoms with E-state index in [4.69, 9.17) is 16.0 Å². The monoisotopic (exact) mass is 386 g/mol. The van der Waals surface area contributed by atoms with Crippen molar-refractivity contribution in [1.82, 2.24) is 9.55 Å². The summed E-state index contributed by atoms with van der Waals surface area (Å²) >= 11 is 8.54. The Morgan fingerprint density at radius 3 is 2.95 bits per heavy atom. The van der Waals surface area contributed by atoms with Crippen molar-refractivity contribution < 1.29 is 4.42 Å². The summed E-state index contributed by atoms with van der Waals surface area (Å²) in [5.74, 6) is 0.889. The molecule has 1 unspecified atom stereocenters. The molecule has 98 valence electrons. The molecule has 0 amide bonds. The smallest absolute Gasteiger partial charge is 0.128 e. The molecule has 2 heterocycles. The van der Waals surface area contributed by atoms with Gasteiger partial charge in [0.2, 0.25) is 0 Å². The normalized spacial score (nSPS) is 13.0. The molecule has 0 bridgehead atoms. The van der Waals surface area contributed by atoms with Gasteiger partial charge in [-0.15, -0.1) is 11.6 Å². The van der Waals surface area contributed by atoms with Crippen LogP contribution in [0.4, 0.5) is 0 Å². The Hall–Kier alpha value is -1.01. The number of rotatable bonds is 3. The molecule has 0 radical (unpaired) electrons. The van der Waals surface area contributed by atoms with Gasteiger partial charge in [-0.3, -0.25) is 0 Å². The highest BCUT2D eigenvalue weighted by atomic mass is 127. The average molecular weight is 387 g/mol. The lowest BCUT2D eigenvalue weighted by Crippen LogP contribution is -2.05. The minimum atomic E-state index is -0.128. The molecule has 0 aliphatic carbocycles. The molecule has 0 aliphatic heterocycles. The van der Waals surface area contributed by atoms with Gasteiger partial charge in [0.15, 0.2) is 0 Å². The van der Waals surface area contributed by atoms with Gasteiger partial charge in [-0.2, -0.15) is 0 Å². The summed E-state index contributed by atoms with van der Waals surface area (Å²) < 4.78 is 8.45. The second kappa shape index (κ2) is 5.17. The molecule has 3 rings (SSSR count). The number of furan rings is 1. The standard InChI is InChI=1S/C14H12ClIN2O/c1-9(15)14-17-12-6-11(16)2-3-13(12)18(14)7-10-4-5-19-8-10/h2-6,8-9H,7H2,1H3. The van der Waals surface area contributed by atoms with Crippen LogP contribution in [0.5, 0.6) is 0 Å². The average Bonchev–Trinajstić information content (AvgIpc) is 2.97. The van der Waals surface area contributed by atoms with Crippen LogP contribution in [0, 0.1) is 3.57 Å². The number of hydrogen-bond donors (Lipinski definition) is 0. The van der Waals surface area contributed by atoms with E-state index in [9.17, 15) is 0 Å². The summed E-state index contributed by atoms with van der Waals surface area (Å²) in [6.07, 6.45) is 3.43. The van der Waals surface area contributed by atoms with Crippen LogP contribution >= 0.6 is 34.2 Å². The Morgan fingerprint density at radius 2 is 2.26 bits per heavy atom. The second-order valence-electron chi connectivity index (χ2n) is 4.44. The summed E-state index contributed by atoms with van der Waals surface area (Å²) in [5.41, 5.74) is 3.19. The van der Waals surface area contributed by atoms with E-state index in [0.29, 0.717) is 0 Å². The Morgan fingerprint density at radius 1 is 1.42 bits per heavy atom. The van der Waals surface area contributed by atoms with Crippen molar-refractivity contribution >= 4 is 45.2 Å². The molecular formula is C14H12ClIN2O. The maximum absolute atomic E-state index is 6.25. The molecule has 0 saturated heterocycles. The first-order chi connectivity index (χ1) is 9.15. The van der Waals surface area contributed by atoms with Gasteiger partial charge < -0.3 is 8.98 Å². The van der Waals surface area contributed by atoms with Crippen LogP contribution in [0.15, 0.2) is 41.2 Å². The van der Waals surface area contributed by atoms with Gasteiger partial charge >= 0.3 is 0 Å². The fourth-order valence-corrected chi connectivity index (χ4v) is 2.80. The zero-order valence-electron chi connectivity index (χ0n) is 10.3. The van der Waals surface area contributed by atoms with E-state index >= 15 is 0 Å². The Kier molecular flexibility index (Phi) is 3.54. The largest absolute Gasteiger partial charge is 0.472 e. The van der Waals surface area contributed by atoms with Crippen LogP contribution in [0.1, 0.15) is 23.7 Å². The number of halogens is 2. The molecule has 19 heavy (non-hydrogen) atoms. The number of alkyl halides is 1. The van der Waals surface area contributed by atoms with E-state index in [1.807, 2.05) is 13.0 Å². The molecule has 0 aliphatic rings. The third-order valence-corrected chi connectivity index (χ3v) is 3.88. The van der Waals surface area contributed by atoms with Crippen molar-refractivity contribution in [3.63, 3.8) is 0 Å². The maximum atomic E-state index is 6.25. The fourth-order valence-electron chi connectivity index (χ4n) is 2.16. The number of fused-ring (bicyclic) bond motifs is 1. The first-order valence-electron chi connectivity index (χ1n) is 5.96. The highest BCUT2D eigenvalue weighted by molar-refractivity contribution is 14.1. The van der Waals surface area contributed by atoms with Crippen LogP contribution in [-0.2, 0) is 6.54 Å². The van der Waals surface area contributed by atoms with Gasteiger partial charge in [0.05, 0.1) is 35.5 Å². The predicted octanol–water partition coefficient (Wildman–Crippen LogP) is 4.58. The van der Waals surface area contributed by atoms with E-state index in [0.717, 1.165) is 29.0 Å². The Bertz CT molecular complexity index is 704. The number of aromatic nitrogens is 2. The molecule has 3 nitrogen and oxygen atoms in total. The first-order valence-corrected chi connectivity index (χ1v) is 7.47. The minimum absolute atomic E-state index is 0.128. The highest BCUT2D eigenvalue weighted by Crippen LogP contribution is 2.26. The lowest BCUT2D eigenvalue weighted by Gasteiger charge is -2.09. The number of hydrogen-bond acceptors (Lipinski definition) is 2. The van der Waals surface area contributed by atoms with Crippen LogP contribution in [0.2, 0.25) is 0 Å². The topological polar surface area (TPSA) is 31.0 Å². The van der Waals surface area contributed by atoms with E-state index in [-0.39, 0.29) is 5.38 Å². The van der Waals surface area contributed by atoms with E-state index in [2.05, 4.69) is 50.3 Å². The lowest BCUT2D eigenvalue weighted by molar-refractivity contribution is 0.562. The quantitative estimate of drug-likeness (QED) is 0.487. The summed E-state index contributed by atoms with van der Waals surface area (Å²) in [5, 5.41) is -0.128. The lowest BCUT2D eigenvalue weighted by atomic mass is 10.3. The number of imidazole rings is 1. The van der Waals surface area contributed by atoms with E-state index in [1.165, 1.54) is 3.57 Å².